The summed E-state index contributed by atoms with van der Waals surface area (Å²) in [5.74, 6) is -0.115. The fourth-order valence-corrected chi connectivity index (χ4v) is 0.953. The molecule has 12 heavy (non-hydrogen) atoms. The second-order valence-corrected chi connectivity index (χ2v) is 2.40. The van der Waals surface area contributed by atoms with Gasteiger partial charge >= 0.3 is 0 Å². The summed E-state index contributed by atoms with van der Waals surface area (Å²) < 4.78 is 0. The van der Waals surface area contributed by atoms with Crippen molar-refractivity contribution in [2.45, 2.75) is 6.92 Å². The number of aromatic hydroxyl groups is 1. The second kappa shape index (κ2) is 2.69. The van der Waals surface area contributed by atoms with Gasteiger partial charge in [-0.3, -0.25) is 10.1 Å². The number of phenols is 1. The van der Waals surface area contributed by atoms with Crippen LogP contribution in [0.2, 0.25) is 0 Å². The van der Waals surface area contributed by atoms with Gasteiger partial charge in [0.05, 0.1) is 10.5 Å². The smallest absolute Gasteiger partial charge is 0.298 e. The average molecular weight is 168 g/mol. The Morgan fingerprint density at radius 2 is 2.17 bits per heavy atom. The van der Waals surface area contributed by atoms with Crippen LogP contribution < -0.4 is 5.73 Å². The molecule has 0 heterocycles. The molecule has 1 aromatic carbocycles. The van der Waals surface area contributed by atoms with Gasteiger partial charge in [-0.25, -0.2) is 0 Å². The number of rotatable bonds is 1. The van der Waals surface area contributed by atoms with Crippen LogP contribution >= 0.6 is 0 Å². The zero-order valence-corrected chi connectivity index (χ0v) is 6.44. The van der Waals surface area contributed by atoms with Gasteiger partial charge in [-0.15, -0.1) is 0 Å². The van der Waals surface area contributed by atoms with Crippen LogP contribution in [-0.4, -0.2) is 10.0 Å². The molecule has 64 valence electrons. The Labute approximate surface area is 68.6 Å². The molecule has 0 bridgehead atoms. The molecule has 1 aromatic rings. The van der Waals surface area contributed by atoms with E-state index in [1.54, 1.807) is 0 Å². The van der Waals surface area contributed by atoms with Crippen molar-refractivity contribution in [2.24, 2.45) is 0 Å². The Balaban J connectivity index is 3.43. The van der Waals surface area contributed by atoms with E-state index in [9.17, 15) is 10.1 Å². The van der Waals surface area contributed by atoms with E-state index in [0.717, 1.165) is 0 Å². The van der Waals surface area contributed by atoms with Gasteiger partial charge in [-0.05, 0) is 19.1 Å². The zero-order valence-electron chi connectivity index (χ0n) is 6.44. The van der Waals surface area contributed by atoms with E-state index >= 15 is 0 Å². The summed E-state index contributed by atoms with van der Waals surface area (Å²) in [6.07, 6.45) is 0. The maximum Gasteiger partial charge on any atom is 0.298 e. The van der Waals surface area contributed by atoms with Gasteiger partial charge < -0.3 is 10.8 Å². The summed E-state index contributed by atoms with van der Waals surface area (Å²) in [6, 6.07) is 2.64. The lowest BCUT2D eigenvalue weighted by Gasteiger charge is -2.01. The van der Waals surface area contributed by atoms with Gasteiger partial charge in [-0.2, -0.15) is 0 Å². The van der Waals surface area contributed by atoms with Crippen molar-refractivity contribution in [3.05, 3.63) is 27.8 Å². The highest BCUT2D eigenvalue weighted by molar-refractivity contribution is 5.65. The van der Waals surface area contributed by atoms with Crippen LogP contribution in [0.1, 0.15) is 5.56 Å². The van der Waals surface area contributed by atoms with E-state index < -0.39 is 4.92 Å². The molecular weight excluding hydrogens is 160 g/mol. The van der Waals surface area contributed by atoms with Crippen LogP contribution in [0.15, 0.2) is 12.1 Å². The third-order valence-corrected chi connectivity index (χ3v) is 1.62. The molecule has 0 aliphatic rings. The van der Waals surface area contributed by atoms with Crippen LogP contribution in [0, 0.1) is 17.0 Å². The van der Waals surface area contributed by atoms with Crippen LogP contribution in [0.25, 0.3) is 0 Å². The summed E-state index contributed by atoms with van der Waals surface area (Å²) in [7, 11) is 0. The number of hydrogen-bond donors (Lipinski definition) is 2. The number of nitrogens with zero attached hydrogens (tertiary/aromatic N) is 1. The topological polar surface area (TPSA) is 89.4 Å². The van der Waals surface area contributed by atoms with Crippen molar-refractivity contribution in [1.29, 1.82) is 0 Å². The molecule has 0 aliphatic carbocycles. The van der Waals surface area contributed by atoms with Gasteiger partial charge in [-0.1, -0.05) is 0 Å². The number of nitro groups is 1. The zero-order chi connectivity index (χ0) is 9.30. The molecular formula is C7H8N2O3. The van der Waals surface area contributed by atoms with E-state index in [1.165, 1.54) is 19.1 Å². The van der Waals surface area contributed by atoms with Crippen molar-refractivity contribution < 1.29 is 10.0 Å². The van der Waals surface area contributed by atoms with E-state index in [2.05, 4.69) is 0 Å². The molecule has 1 rings (SSSR count). The number of nitrogen functional groups attached to an aromatic ring is 1. The lowest BCUT2D eigenvalue weighted by atomic mass is 10.1. The molecule has 0 saturated carbocycles. The molecule has 0 unspecified atom stereocenters. The third-order valence-electron chi connectivity index (χ3n) is 1.62. The molecule has 0 aliphatic heterocycles. The fraction of sp³-hybridized carbons (Fsp3) is 0.143. The van der Waals surface area contributed by atoms with Gasteiger partial charge in [0.2, 0.25) is 0 Å². The van der Waals surface area contributed by atoms with Crippen LogP contribution in [0.5, 0.6) is 5.75 Å². The summed E-state index contributed by atoms with van der Waals surface area (Å²) >= 11 is 0. The molecule has 0 aromatic heterocycles. The number of benzene rings is 1. The molecule has 3 N–H and O–H groups in total. The molecule has 0 saturated heterocycles. The van der Waals surface area contributed by atoms with Crippen LogP contribution in [-0.2, 0) is 0 Å². The van der Waals surface area contributed by atoms with Gasteiger partial charge in [0.15, 0.2) is 0 Å². The standard InChI is InChI=1S/C7H8N2O3/c1-4-6(10)3-2-5(8)7(4)9(11)12/h2-3,10H,8H2,1H3. The first kappa shape index (κ1) is 8.32. The Hall–Kier alpha value is -1.78. The molecule has 0 fully saturated rings. The number of phenolic OH excluding ortho intramolecular Hbond substituents is 1. The quantitative estimate of drug-likeness (QED) is 0.285. The molecule has 5 heteroatoms. The maximum atomic E-state index is 10.4. The average Bonchev–Trinajstić information content (AvgIpc) is 1.97. The Kier molecular flexibility index (Phi) is 1.86. The fourth-order valence-electron chi connectivity index (χ4n) is 0.953. The van der Waals surface area contributed by atoms with Gasteiger partial charge in [0.1, 0.15) is 11.4 Å². The highest BCUT2D eigenvalue weighted by Crippen LogP contribution is 2.31. The predicted octanol–water partition coefficient (Wildman–Crippen LogP) is 1.19. The second-order valence-electron chi connectivity index (χ2n) is 2.40. The first-order valence-corrected chi connectivity index (χ1v) is 3.26. The van der Waals surface area contributed by atoms with E-state index in [4.69, 9.17) is 10.8 Å². The van der Waals surface area contributed by atoms with E-state index in [1.807, 2.05) is 0 Å². The van der Waals surface area contributed by atoms with Gasteiger partial charge in [0, 0.05) is 0 Å². The maximum absolute atomic E-state index is 10.4. The largest absolute Gasteiger partial charge is 0.507 e. The van der Waals surface area contributed by atoms with Crippen molar-refractivity contribution in [2.75, 3.05) is 5.73 Å². The molecule has 0 spiro atoms. The summed E-state index contributed by atoms with van der Waals surface area (Å²) in [6.45, 7) is 1.45. The first-order valence-electron chi connectivity index (χ1n) is 3.26. The van der Waals surface area contributed by atoms with E-state index in [0.29, 0.717) is 0 Å². The Bertz CT molecular complexity index is 336. The molecule has 0 atom stereocenters. The summed E-state index contributed by atoms with van der Waals surface area (Å²) in [5, 5.41) is 19.5. The highest BCUT2D eigenvalue weighted by atomic mass is 16.6. The number of nitro benzene ring substituents is 1. The minimum Gasteiger partial charge on any atom is -0.507 e. The third kappa shape index (κ3) is 1.16. The first-order chi connectivity index (χ1) is 5.54. The SMILES string of the molecule is Cc1c(O)ccc(N)c1[N+](=O)[O-]. The lowest BCUT2D eigenvalue weighted by molar-refractivity contribution is -0.384. The van der Waals surface area contributed by atoms with Crippen molar-refractivity contribution in [1.82, 2.24) is 0 Å². The van der Waals surface area contributed by atoms with Crippen molar-refractivity contribution in [3.63, 3.8) is 0 Å². The van der Waals surface area contributed by atoms with Crippen molar-refractivity contribution >= 4 is 11.4 Å². The minimum absolute atomic E-state index is 0.0651. The van der Waals surface area contributed by atoms with Crippen molar-refractivity contribution in [3.8, 4) is 5.75 Å². The Morgan fingerprint density at radius 1 is 1.58 bits per heavy atom. The number of nitrogens with two attached hydrogens (primary N) is 1. The van der Waals surface area contributed by atoms with Crippen LogP contribution in [0.3, 0.4) is 0 Å². The summed E-state index contributed by atoms with van der Waals surface area (Å²) in [4.78, 5) is 9.80. The monoisotopic (exact) mass is 168 g/mol. The minimum atomic E-state index is -0.607. The lowest BCUT2D eigenvalue weighted by Crippen LogP contribution is -1.97. The highest BCUT2D eigenvalue weighted by Gasteiger charge is 2.17. The van der Waals surface area contributed by atoms with Gasteiger partial charge in [0.25, 0.3) is 5.69 Å². The molecule has 0 radical (unpaired) electrons. The summed E-state index contributed by atoms with van der Waals surface area (Å²) in [5.41, 5.74) is 5.37. The molecule has 5 nitrogen and oxygen atoms in total. The van der Waals surface area contributed by atoms with E-state index in [-0.39, 0.29) is 22.7 Å². The van der Waals surface area contributed by atoms with Crippen LogP contribution in [0.4, 0.5) is 11.4 Å². The Morgan fingerprint density at radius 3 is 2.58 bits per heavy atom. The number of hydrogen-bond acceptors (Lipinski definition) is 4. The number of anilines is 1. The normalized spacial score (nSPS) is 9.75. The molecule has 0 amide bonds. The predicted molar refractivity (Wildman–Crippen MR) is 43.9 cm³/mol.